The van der Waals surface area contributed by atoms with Gasteiger partial charge in [-0.05, 0) is 37.8 Å². The summed E-state index contributed by atoms with van der Waals surface area (Å²) in [6, 6.07) is 6.07. The minimum absolute atomic E-state index is 0.282. The summed E-state index contributed by atoms with van der Waals surface area (Å²) in [6.45, 7) is 8.33. The second-order valence-electron chi connectivity index (χ2n) is 4.67. The number of ketones is 1. The summed E-state index contributed by atoms with van der Waals surface area (Å²) in [5.41, 5.74) is 3.15. The van der Waals surface area contributed by atoms with Crippen molar-refractivity contribution in [3.05, 3.63) is 34.9 Å². The maximum atomic E-state index is 11.9. The van der Waals surface area contributed by atoms with Gasteiger partial charge in [-0.2, -0.15) is 0 Å². The van der Waals surface area contributed by atoms with Crippen LogP contribution in [0, 0.1) is 19.8 Å². The minimum atomic E-state index is 0.282. The van der Waals surface area contributed by atoms with E-state index in [4.69, 9.17) is 0 Å². The smallest absolute Gasteiger partial charge is 0.163 e. The molecule has 1 heteroatoms. The first-order valence-corrected chi connectivity index (χ1v) is 5.61. The predicted molar refractivity (Wildman–Crippen MR) is 64.3 cm³/mol. The summed E-state index contributed by atoms with van der Waals surface area (Å²) in [4.78, 5) is 11.9. The summed E-state index contributed by atoms with van der Waals surface area (Å²) < 4.78 is 0. The van der Waals surface area contributed by atoms with Gasteiger partial charge >= 0.3 is 0 Å². The van der Waals surface area contributed by atoms with Crippen LogP contribution < -0.4 is 0 Å². The molecule has 0 aliphatic rings. The molecule has 1 aromatic carbocycles. The zero-order valence-corrected chi connectivity index (χ0v) is 10.1. The Balaban J connectivity index is 2.77. The van der Waals surface area contributed by atoms with E-state index in [-0.39, 0.29) is 5.78 Å². The second kappa shape index (κ2) is 5.11. The van der Waals surface area contributed by atoms with Gasteiger partial charge in [-0.3, -0.25) is 4.79 Å². The number of hydrogen-bond acceptors (Lipinski definition) is 1. The van der Waals surface area contributed by atoms with Crippen LogP contribution in [-0.2, 0) is 0 Å². The van der Waals surface area contributed by atoms with Gasteiger partial charge in [0, 0.05) is 12.0 Å². The van der Waals surface area contributed by atoms with Crippen molar-refractivity contribution in [2.75, 3.05) is 0 Å². The van der Waals surface area contributed by atoms with Crippen LogP contribution >= 0.6 is 0 Å². The highest BCUT2D eigenvalue weighted by molar-refractivity contribution is 5.97. The number of rotatable bonds is 4. The van der Waals surface area contributed by atoms with Crippen LogP contribution in [0.5, 0.6) is 0 Å². The topological polar surface area (TPSA) is 17.1 Å². The van der Waals surface area contributed by atoms with Gasteiger partial charge in [0.05, 0.1) is 0 Å². The minimum Gasteiger partial charge on any atom is -0.294 e. The van der Waals surface area contributed by atoms with E-state index in [1.54, 1.807) is 0 Å². The third-order valence-electron chi connectivity index (χ3n) is 2.64. The molecule has 0 saturated heterocycles. The highest BCUT2D eigenvalue weighted by Crippen LogP contribution is 2.15. The Morgan fingerprint density at radius 3 is 2.53 bits per heavy atom. The van der Waals surface area contributed by atoms with Crippen molar-refractivity contribution in [1.29, 1.82) is 0 Å². The lowest BCUT2D eigenvalue weighted by atomic mass is 9.97. The predicted octanol–water partition coefficient (Wildman–Crippen LogP) is 3.92. The molecule has 0 unspecified atom stereocenters. The molecule has 15 heavy (non-hydrogen) atoms. The Morgan fingerprint density at radius 1 is 1.27 bits per heavy atom. The molecule has 0 bridgehead atoms. The van der Waals surface area contributed by atoms with Crippen molar-refractivity contribution < 1.29 is 4.79 Å². The average Bonchev–Trinajstić information content (AvgIpc) is 2.18. The monoisotopic (exact) mass is 204 g/mol. The van der Waals surface area contributed by atoms with Crippen LogP contribution in [0.1, 0.15) is 48.2 Å². The van der Waals surface area contributed by atoms with Crippen LogP contribution in [0.15, 0.2) is 18.2 Å². The standard InChI is InChI=1S/C14H20O/c1-10(2)5-8-14(15)13-9-11(3)6-7-12(13)4/h6-7,9-10H,5,8H2,1-4H3. The molecule has 0 N–H and O–H groups in total. The van der Waals surface area contributed by atoms with Crippen molar-refractivity contribution in [3.8, 4) is 0 Å². The molecule has 0 spiro atoms. The zero-order chi connectivity index (χ0) is 11.4. The van der Waals surface area contributed by atoms with Crippen molar-refractivity contribution >= 4 is 5.78 Å². The van der Waals surface area contributed by atoms with Gasteiger partial charge in [0.1, 0.15) is 0 Å². The molecule has 0 amide bonds. The third kappa shape index (κ3) is 3.50. The van der Waals surface area contributed by atoms with Gasteiger partial charge in [0.15, 0.2) is 5.78 Å². The number of hydrogen-bond donors (Lipinski definition) is 0. The van der Waals surface area contributed by atoms with Gasteiger partial charge in [0.2, 0.25) is 0 Å². The van der Waals surface area contributed by atoms with Crippen molar-refractivity contribution in [1.82, 2.24) is 0 Å². The van der Waals surface area contributed by atoms with E-state index < -0.39 is 0 Å². The van der Waals surface area contributed by atoms with Gasteiger partial charge in [-0.1, -0.05) is 31.5 Å². The van der Waals surface area contributed by atoms with Crippen LogP contribution in [0.2, 0.25) is 0 Å². The molecular formula is C14H20O. The highest BCUT2D eigenvalue weighted by Gasteiger charge is 2.09. The Bertz CT molecular complexity index is 350. The van der Waals surface area contributed by atoms with Crippen LogP contribution in [0.3, 0.4) is 0 Å². The normalized spacial score (nSPS) is 10.7. The highest BCUT2D eigenvalue weighted by atomic mass is 16.1. The van der Waals surface area contributed by atoms with E-state index in [0.29, 0.717) is 12.3 Å². The first-order chi connectivity index (χ1) is 7.00. The maximum absolute atomic E-state index is 11.9. The fourth-order valence-corrected chi connectivity index (χ4v) is 1.59. The van der Waals surface area contributed by atoms with E-state index in [1.165, 1.54) is 0 Å². The SMILES string of the molecule is Cc1ccc(C)c(C(=O)CCC(C)C)c1. The summed E-state index contributed by atoms with van der Waals surface area (Å²) in [5, 5.41) is 0. The molecule has 0 radical (unpaired) electrons. The molecular weight excluding hydrogens is 184 g/mol. The van der Waals surface area contributed by atoms with Gasteiger partial charge in [-0.15, -0.1) is 0 Å². The number of benzene rings is 1. The molecule has 0 aromatic heterocycles. The average molecular weight is 204 g/mol. The first-order valence-electron chi connectivity index (χ1n) is 5.61. The molecule has 1 nitrogen and oxygen atoms in total. The number of carbonyl (C=O) groups excluding carboxylic acids is 1. The molecule has 0 aliphatic heterocycles. The second-order valence-corrected chi connectivity index (χ2v) is 4.67. The summed E-state index contributed by atoms with van der Waals surface area (Å²) in [5.74, 6) is 0.879. The molecule has 1 rings (SSSR count). The van der Waals surface area contributed by atoms with E-state index in [1.807, 2.05) is 26.0 Å². The van der Waals surface area contributed by atoms with E-state index in [0.717, 1.165) is 23.1 Å². The van der Waals surface area contributed by atoms with E-state index in [2.05, 4.69) is 19.9 Å². The summed E-state index contributed by atoms with van der Waals surface area (Å²) in [6.07, 6.45) is 1.65. The van der Waals surface area contributed by atoms with E-state index in [9.17, 15) is 4.79 Å². The van der Waals surface area contributed by atoms with Gasteiger partial charge in [0.25, 0.3) is 0 Å². The van der Waals surface area contributed by atoms with Crippen LogP contribution in [0.4, 0.5) is 0 Å². The molecule has 0 heterocycles. The lowest BCUT2D eigenvalue weighted by Gasteiger charge is -2.07. The zero-order valence-electron chi connectivity index (χ0n) is 10.1. The fraction of sp³-hybridized carbons (Fsp3) is 0.500. The first kappa shape index (κ1) is 12.0. The van der Waals surface area contributed by atoms with Crippen LogP contribution in [0.25, 0.3) is 0 Å². The number of carbonyl (C=O) groups is 1. The summed E-state index contributed by atoms with van der Waals surface area (Å²) in [7, 11) is 0. The lowest BCUT2D eigenvalue weighted by molar-refractivity contribution is 0.0975. The largest absolute Gasteiger partial charge is 0.294 e. The molecule has 0 fully saturated rings. The molecule has 0 saturated carbocycles. The molecule has 0 atom stereocenters. The lowest BCUT2D eigenvalue weighted by Crippen LogP contribution is -2.03. The quantitative estimate of drug-likeness (QED) is 0.679. The molecule has 1 aromatic rings. The fourth-order valence-electron chi connectivity index (χ4n) is 1.59. The molecule has 0 aliphatic carbocycles. The van der Waals surface area contributed by atoms with Crippen LogP contribution in [-0.4, -0.2) is 5.78 Å². The number of Topliss-reactive ketones (excluding diaryl/α,β-unsaturated/α-hetero) is 1. The van der Waals surface area contributed by atoms with Crippen molar-refractivity contribution in [2.45, 2.75) is 40.5 Å². The Hall–Kier alpha value is -1.11. The molecule has 82 valence electrons. The van der Waals surface area contributed by atoms with Crippen molar-refractivity contribution in [2.24, 2.45) is 5.92 Å². The maximum Gasteiger partial charge on any atom is 0.163 e. The van der Waals surface area contributed by atoms with E-state index >= 15 is 0 Å². The third-order valence-corrected chi connectivity index (χ3v) is 2.64. The Morgan fingerprint density at radius 2 is 1.93 bits per heavy atom. The number of aryl methyl sites for hydroxylation is 2. The van der Waals surface area contributed by atoms with Gasteiger partial charge < -0.3 is 0 Å². The summed E-state index contributed by atoms with van der Waals surface area (Å²) >= 11 is 0. The Labute approximate surface area is 92.5 Å². The van der Waals surface area contributed by atoms with Gasteiger partial charge in [-0.25, -0.2) is 0 Å². The van der Waals surface area contributed by atoms with Crippen molar-refractivity contribution in [3.63, 3.8) is 0 Å². The Kier molecular flexibility index (Phi) is 4.07.